The van der Waals surface area contributed by atoms with E-state index in [0.717, 1.165) is 30.9 Å². The summed E-state index contributed by atoms with van der Waals surface area (Å²) in [5, 5.41) is 0. The summed E-state index contributed by atoms with van der Waals surface area (Å²) in [5.41, 5.74) is 2.98. The summed E-state index contributed by atoms with van der Waals surface area (Å²) in [7, 11) is 0. The van der Waals surface area contributed by atoms with Crippen LogP contribution in [0.1, 0.15) is 11.1 Å². The molecule has 0 aromatic heterocycles. The number of carbonyl (C=O) groups excluding carboxylic acids is 2. The summed E-state index contributed by atoms with van der Waals surface area (Å²) >= 11 is 0. The number of amides is 2. The van der Waals surface area contributed by atoms with Gasteiger partial charge >= 0.3 is 11.8 Å². The zero-order chi connectivity index (χ0) is 21.5. The molecule has 158 valence electrons. The molecule has 5 nitrogen and oxygen atoms in total. The molecule has 0 atom stereocenters. The van der Waals surface area contributed by atoms with Gasteiger partial charge < -0.3 is 4.90 Å². The highest BCUT2D eigenvalue weighted by molar-refractivity contribution is 6.40. The van der Waals surface area contributed by atoms with Crippen LogP contribution in [0.25, 0.3) is 0 Å². The van der Waals surface area contributed by atoms with Crippen molar-refractivity contribution in [3.8, 4) is 0 Å². The molecule has 1 fully saturated rings. The Morgan fingerprint density at radius 2 is 1.19 bits per heavy atom. The topological polar surface area (TPSA) is 43.9 Å². The second-order valence-corrected chi connectivity index (χ2v) is 7.77. The summed E-state index contributed by atoms with van der Waals surface area (Å²) in [5.74, 6) is -0.911. The lowest BCUT2D eigenvalue weighted by molar-refractivity contribution is -0.145. The Morgan fingerprint density at radius 1 is 0.677 bits per heavy atom. The van der Waals surface area contributed by atoms with Crippen molar-refractivity contribution in [1.29, 1.82) is 0 Å². The highest BCUT2D eigenvalue weighted by Crippen LogP contribution is 2.18. The summed E-state index contributed by atoms with van der Waals surface area (Å²) in [4.78, 5) is 31.9. The number of benzene rings is 3. The lowest BCUT2D eigenvalue weighted by Crippen LogP contribution is -2.53. The van der Waals surface area contributed by atoms with Gasteiger partial charge in [-0.25, -0.2) is 0 Å². The van der Waals surface area contributed by atoms with Crippen LogP contribution in [0.15, 0.2) is 91.0 Å². The van der Waals surface area contributed by atoms with E-state index >= 15 is 0 Å². The van der Waals surface area contributed by atoms with E-state index in [9.17, 15) is 9.59 Å². The molecular weight excluding hydrogens is 386 g/mol. The van der Waals surface area contributed by atoms with Crippen molar-refractivity contribution >= 4 is 17.5 Å². The van der Waals surface area contributed by atoms with Gasteiger partial charge in [-0.1, -0.05) is 78.9 Å². The van der Waals surface area contributed by atoms with E-state index in [2.05, 4.69) is 17.0 Å². The number of anilines is 1. The van der Waals surface area contributed by atoms with Gasteiger partial charge in [0.05, 0.1) is 6.54 Å². The quantitative estimate of drug-likeness (QED) is 0.601. The first kappa shape index (κ1) is 20.8. The third-order valence-electron chi connectivity index (χ3n) is 5.59. The fourth-order valence-corrected chi connectivity index (χ4v) is 3.86. The molecule has 3 aromatic rings. The second kappa shape index (κ2) is 10.0. The monoisotopic (exact) mass is 413 g/mol. The van der Waals surface area contributed by atoms with E-state index in [1.54, 1.807) is 9.80 Å². The third kappa shape index (κ3) is 5.38. The molecule has 1 aliphatic rings. The molecule has 0 N–H and O–H groups in total. The average molecular weight is 414 g/mol. The Morgan fingerprint density at radius 3 is 1.77 bits per heavy atom. The minimum atomic E-state index is -0.480. The van der Waals surface area contributed by atoms with Crippen LogP contribution in [-0.2, 0) is 22.7 Å². The Bertz CT molecular complexity index is 985. The third-order valence-corrected chi connectivity index (χ3v) is 5.59. The minimum absolute atomic E-state index is 0.364. The van der Waals surface area contributed by atoms with E-state index < -0.39 is 11.8 Å². The molecule has 31 heavy (non-hydrogen) atoms. The van der Waals surface area contributed by atoms with Crippen LogP contribution in [0.3, 0.4) is 0 Å². The second-order valence-electron chi connectivity index (χ2n) is 7.77. The van der Waals surface area contributed by atoms with Crippen LogP contribution in [0.4, 0.5) is 5.69 Å². The number of hydrogen-bond donors (Lipinski definition) is 0. The van der Waals surface area contributed by atoms with Crippen LogP contribution in [-0.4, -0.2) is 47.8 Å². The van der Waals surface area contributed by atoms with Gasteiger partial charge in [-0.05, 0) is 23.3 Å². The maximum absolute atomic E-state index is 13.2. The van der Waals surface area contributed by atoms with E-state index in [0.29, 0.717) is 19.6 Å². The zero-order valence-electron chi connectivity index (χ0n) is 17.6. The lowest BCUT2D eigenvalue weighted by atomic mass is 10.1. The van der Waals surface area contributed by atoms with Gasteiger partial charge in [-0.3, -0.25) is 19.4 Å². The highest BCUT2D eigenvalue weighted by Gasteiger charge is 2.30. The fraction of sp³-hybridized carbons (Fsp3) is 0.231. The minimum Gasteiger partial charge on any atom is -0.332 e. The summed E-state index contributed by atoms with van der Waals surface area (Å²) in [6, 6.07) is 29.5. The molecule has 5 heteroatoms. The van der Waals surface area contributed by atoms with Gasteiger partial charge in [0.2, 0.25) is 0 Å². The Labute approximate surface area is 183 Å². The standard InChI is InChI=1S/C26H27N3O2/c30-25(28-18-16-27(17-19-28)20-22-10-4-1-5-11-22)26(31)29(24-14-8-3-9-15-24)21-23-12-6-2-7-13-23/h1-15H,16-21H2. The van der Waals surface area contributed by atoms with Gasteiger partial charge in [0.15, 0.2) is 0 Å². The number of carbonyl (C=O) groups is 2. The Hall–Kier alpha value is -3.44. The van der Waals surface area contributed by atoms with Crippen molar-refractivity contribution < 1.29 is 9.59 Å². The maximum atomic E-state index is 13.2. The normalized spacial score (nSPS) is 14.3. The molecule has 1 aliphatic heterocycles. The van der Waals surface area contributed by atoms with Gasteiger partial charge in [0.1, 0.15) is 0 Å². The van der Waals surface area contributed by atoms with Crippen LogP contribution < -0.4 is 4.90 Å². The number of rotatable bonds is 5. The van der Waals surface area contributed by atoms with Crippen LogP contribution in [0.5, 0.6) is 0 Å². The number of para-hydroxylation sites is 1. The van der Waals surface area contributed by atoms with E-state index in [1.165, 1.54) is 5.56 Å². The predicted octanol–water partition coefficient (Wildman–Crippen LogP) is 3.56. The van der Waals surface area contributed by atoms with Gasteiger partial charge in [-0.2, -0.15) is 0 Å². The largest absolute Gasteiger partial charge is 0.332 e. The van der Waals surface area contributed by atoms with Gasteiger partial charge in [-0.15, -0.1) is 0 Å². The first-order valence-corrected chi connectivity index (χ1v) is 10.7. The molecule has 2 amide bonds. The number of nitrogens with zero attached hydrogens (tertiary/aromatic N) is 3. The van der Waals surface area contributed by atoms with Gasteiger partial charge in [0, 0.05) is 38.4 Å². The molecule has 0 radical (unpaired) electrons. The molecule has 1 heterocycles. The average Bonchev–Trinajstić information content (AvgIpc) is 2.84. The SMILES string of the molecule is O=C(C(=O)N(Cc1ccccc1)c1ccccc1)N1CCN(Cc2ccccc2)CC1. The van der Waals surface area contributed by atoms with Crippen molar-refractivity contribution in [3.05, 3.63) is 102 Å². The molecule has 0 unspecified atom stereocenters. The van der Waals surface area contributed by atoms with Crippen molar-refractivity contribution in [3.63, 3.8) is 0 Å². The zero-order valence-corrected chi connectivity index (χ0v) is 17.6. The maximum Gasteiger partial charge on any atom is 0.316 e. The molecule has 0 aliphatic carbocycles. The summed E-state index contributed by atoms with van der Waals surface area (Å²) < 4.78 is 0. The molecule has 4 rings (SSSR count). The lowest BCUT2D eigenvalue weighted by Gasteiger charge is -2.35. The molecular formula is C26H27N3O2. The molecule has 0 spiro atoms. The Balaban J connectivity index is 1.42. The first-order chi connectivity index (χ1) is 15.2. The molecule has 3 aromatic carbocycles. The van der Waals surface area contributed by atoms with E-state index in [4.69, 9.17) is 0 Å². The molecule has 0 saturated carbocycles. The summed E-state index contributed by atoms with van der Waals surface area (Å²) in [6.07, 6.45) is 0. The van der Waals surface area contributed by atoms with Crippen molar-refractivity contribution in [2.75, 3.05) is 31.1 Å². The van der Waals surface area contributed by atoms with Crippen LogP contribution >= 0.6 is 0 Å². The summed E-state index contributed by atoms with van der Waals surface area (Å²) in [6.45, 7) is 3.87. The smallest absolute Gasteiger partial charge is 0.316 e. The highest BCUT2D eigenvalue weighted by atomic mass is 16.2. The predicted molar refractivity (Wildman–Crippen MR) is 122 cm³/mol. The number of hydrogen-bond acceptors (Lipinski definition) is 3. The molecule has 1 saturated heterocycles. The number of piperazine rings is 1. The van der Waals surface area contributed by atoms with Crippen molar-refractivity contribution in [2.45, 2.75) is 13.1 Å². The Kier molecular flexibility index (Phi) is 6.75. The van der Waals surface area contributed by atoms with Crippen LogP contribution in [0, 0.1) is 0 Å². The van der Waals surface area contributed by atoms with E-state index in [-0.39, 0.29) is 0 Å². The first-order valence-electron chi connectivity index (χ1n) is 10.7. The molecule has 0 bridgehead atoms. The van der Waals surface area contributed by atoms with E-state index in [1.807, 2.05) is 78.9 Å². The van der Waals surface area contributed by atoms with Crippen molar-refractivity contribution in [1.82, 2.24) is 9.80 Å². The van der Waals surface area contributed by atoms with Crippen molar-refractivity contribution in [2.24, 2.45) is 0 Å². The van der Waals surface area contributed by atoms with Crippen LogP contribution in [0.2, 0.25) is 0 Å². The fourth-order valence-electron chi connectivity index (χ4n) is 3.86. The van der Waals surface area contributed by atoms with Gasteiger partial charge in [0.25, 0.3) is 0 Å².